The van der Waals surface area contributed by atoms with E-state index in [0.717, 1.165) is 38.5 Å². The molecular formula is C37H74NO8P. The van der Waals surface area contributed by atoms with Gasteiger partial charge in [-0.05, 0) is 12.8 Å². The second kappa shape index (κ2) is 31.0. The number of nitrogens with zero attached hydrogens (tertiary/aromatic N) is 1. The third kappa shape index (κ3) is 34.7. The Morgan fingerprint density at radius 3 is 1.36 bits per heavy atom. The minimum Gasteiger partial charge on any atom is -0.756 e. The lowest BCUT2D eigenvalue weighted by atomic mass is 10.0. The minimum absolute atomic E-state index is 0.0265. The summed E-state index contributed by atoms with van der Waals surface area (Å²) < 4.78 is 33.6. The molecule has 0 fully saturated rings. The van der Waals surface area contributed by atoms with Crippen molar-refractivity contribution in [2.45, 2.75) is 180 Å². The van der Waals surface area contributed by atoms with E-state index in [1.807, 2.05) is 21.1 Å². The van der Waals surface area contributed by atoms with Gasteiger partial charge in [-0.1, -0.05) is 149 Å². The molecule has 0 aromatic carbocycles. The summed E-state index contributed by atoms with van der Waals surface area (Å²) in [5, 5.41) is 0. The highest BCUT2D eigenvalue weighted by Crippen LogP contribution is 2.38. The monoisotopic (exact) mass is 692 g/mol. The van der Waals surface area contributed by atoms with Crippen LogP contribution >= 0.6 is 7.82 Å². The highest BCUT2D eigenvalue weighted by atomic mass is 31.2. The Hall–Kier alpha value is -0.990. The maximum atomic E-state index is 12.6. The zero-order valence-electron chi connectivity index (χ0n) is 31.2. The number of hydrogen-bond donors (Lipinski definition) is 0. The van der Waals surface area contributed by atoms with Crippen molar-refractivity contribution in [2.75, 3.05) is 47.5 Å². The molecule has 0 aliphatic rings. The molecule has 10 heteroatoms. The first-order valence-electron chi connectivity index (χ1n) is 19.2. The summed E-state index contributed by atoms with van der Waals surface area (Å²) in [5.74, 6) is -0.836. The third-order valence-corrected chi connectivity index (χ3v) is 9.34. The highest BCUT2D eigenvalue weighted by molar-refractivity contribution is 7.45. The van der Waals surface area contributed by atoms with Gasteiger partial charge in [-0.25, -0.2) is 0 Å². The summed E-state index contributed by atoms with van der Waals surface area (Å²) in [5.41, 5.74) is 0. The smallest absolute Gasteiger partial charge is 0.306 e. The van der Waals surface area contributed by atoms with E-state index >= 15 is 0 Å². The van der Waals surface area contributed by atoms with Crippen LogP contribution in [0.3, 0.4) is 0 Å². The second-order valence-electron chi connectivity index (χ2n) is 14.3. The van der Waals surface area contributed by atoms with E-state index in [2.05, 4.69) is 13.8 Å². The van der Waals surface area contributed by atoms with Crippen LogP contribution < -0.4 is 4.89 Å². The zero-order chi connectivity index (χ0) is 35.1. The van der Waals surface area contributed by atoms with Crippen molar-refractivity contribution >= 4 is 19.8 Å². The lowest BCUT2D eigenvalue weighted by Crippen LogP contribution is -2.37. The zero-order valence-corrected chi connectivity index (χ0v) is 32.1. The molecule has 0 heterocycles. The van der Waals surface area contributed by atoms with E-state index in [1.54, 1.807) is 0 Å². The molecule has 0 aliphatic carbocycles. The Bertz CT molecular complexity index is 789. The summed E-state index contributed by atoms with van der Waals surface area (Å²) in [6.07, 6.45) is 27.3. The molecule has 0 saturated heterocycles. The summed E-state index contributed by atoms with van der Waals surface area (Å²) in [4.78, 5) is 37.1. The topological polar surface area (TPSA) is 111 Å². The molecule has 0 bridgehead atoms. The third-order valence-electron chi connectivity index (χ3n) is 8.38. The van der Waals surface area contributed by atoms with Crippen LogP contribution in [0.25, 0.3) is 0 Å². The Balaban J connectivity index is 4.27. The van der Waals surface area contributed by atoms with Gasteiger partial charge in [-0.2, -0.15) is 0 Å². The van der Waals surface area contributed by atoms with Gasteiger partial charge in [0.25, 0.3) is 7.82 Å². The van der Waals surface area contributed by atoms with Gasteiger partial charge in [-0.3, -0.25) is 14.2 Å². The minimum atomic E-state index is -4.60. The van der Waals surface area contributed by atoms with Crippen molar-refractivity contribution in [2.24, 2.45) is 0 Å². The van der Waals surface area contributed by atoms with Gasteiger partial charge in [-0.15, -0.1) is 0 Å². The van der Waals surface area contributed by atoms with Crippen LogP contribution in [-0.4, -0.2) is 70.0 Å². The Labute approximate surface area is 289 Å². The molecule has 280 valence electrons. The molecule has 0 spiro atoms. The first kappa shape index (κ1) is 46.0. The van der Waals surface area contributed by atoms with E-state index < -0.39 is 26.5 Å². The number of phosphoric ester groups is 1. The molecule has 2 atom stereocenters. The van der Waals surface area contributed by atoms with Gasteiger partial charge < -0.3 is 27.9 Å². The molecule has 0 aliphatic heterocycles. The van der Waals surface area contributed by atoms with Crippen LogP contribution in [0.5, 0.6) is 0 Å². The van der Waals surface area contributed by atoms with Crippen LogP contribution in [0.15, 0.2) is 0 Å². The molecule has 0 radical (unpaired) electrons. The predicted octanol–water partition coefficient (Wildman–Crippen LogP) is 9.44. The molecule has 47 heavy (non-hydrogen) atoms. The van der Waals surface area contributed by atoms with Gasteiger partial charge >= 0.3 is 11.9 Å². The highest BCUT2D eigenvalue weighted by Gasteiger charge is 2.21. The van der Waals surface area contributed by atoms with Crippen LogP contribution in [0.2, 0.25) is 0 Å². The second-order valence-corrected chi connectivity index (χ2v) is 15.7. The van der Waals surface area contributed by atoms with Gasteiger partial charge in [0.2, 0.25) is 0 Å². The number of likely N-dealkylation sites (N-methyl/N-ethyl adjacent to an activating group) is 1. The Kier molecular flexibility index (Phi) is 30.4. The standard InChI is InChI=1S/C37H74NO8P/c1-6-8-10-12-14-15-16-17-18-19-20-21-22-23-24-26-28-30-37(40)46-35(33-43-36(39)29-27-25-13-11-9-7-2)34-45-47(41,42)44-32-31-38(3,4)5/h35H,6-34H2,1-5H3. The molecular weight excluding hydrogens is 617 g/mol. The quantitative estimate of drug-likeness (QED) is 0.0280. The number of carbonyl (C=O) groups is 2. The van der Waals surface area contributed by atoms with E-state index in [1.165, 1.54) is 103 Å². The Morgan fingerprint density at radius 2 is 0.957 bits per heavy atom. The predicted molar refractivity (Wildman–Crippen MR) is 190 cm³/mol. The van der Waals surface area contributed by atoms with Gasteiger partial charge in [0.1, 0.15) is 19.8 Å². The maximum absolute atomic E-state index is 12.6. The number of hydrogen-bond acceptors (Lipinski definition) is 8. The molecule has 0 aromatic heterocycles. The number of esters is 2. The van der Waals surface area contributed by atoms with Crippen molar-refractivity contribution in [3.05, 3.63) is 0 Å². The van der Waals surface area contributed by atoms with Gasteiger partial charge in [0, 0.05) is 12.8 Å². The molecule has 2 unspecified atom stereocenters. The number of carbonyl (C=O) groups excluding carboxylic acids is 2. The summed E-state index contributed by atoms with van der Waals surface area (Å²) in [7, 11) is 1.17. The van der Waals surface area contributed by atoms with Crippen molar-refractivity contribution in [3.63, 3.8) is 0 Å². The molecule has 0 rings (SSSR count). The summed E-state index contributed by atoms with van der Waals surface area (Å²) in [6.45, 7) is 4.17. The number of unbranched alkanes of at least 4 members (excludes halogenated alkanes) is 21. The molecule has 9 nitrogen and oxygen atoms in total. The number of quaternary nitrogens is 1. The maximum Gasteiger partial charge on any atom is 0.306 e. The van der Waals surface area contributed by atoms with Crippen molar-refractivity contribution < 1.29 is 42.1 Å². The SMILES string of the molecule is CCCCCCCCCCCCCCCCCCCC(=O)OC(COC(=O)CCCCCCCC)COP(=O)([O-])OCC[N+](C)(C)C. The lowest BCUT2D eigenvalue weighted by molar-refractivity contribution is -0.870. The average Bonchev–Trinajstić information content (AvgIpc) is 3.01. The first-order chi connectivity index (χ1) is 22.5. The van der Waals surface area contributed by atoms with Crippen molar-refractivity contribution in [3.8, 4) is 0 Å². The molecule has 0 aromatic rings. The number of rotatable bonds is 35. The van der Waals surface area contributed by atoms with E-state index in [9.17, 15) is 19.0 Å². The van der Waals surface area contributed by atoms with E-state index in [0.29, 0.717) is 17.4 Å². The molecule has 0 amide bonds. The fourth-order valence-electron chi connectivity index (χ4n) is 5.30. The normalized spacial score (nSPS) is 13.7. The summed E-state index contributed by atoms with van der Waals surface area (Å²) >= 11 is 0. The fourth-order valence-corrected chi connectivity index (χ4v) is 6.03. The Morgan fingerprint density at radius 1 is 0.574 bits per heavy atom. The largest absolute Gasteiger partial charge is 0.756 e. The molecule has 0 N–H and O–H groups in total. The van der Waals surface area contributed by atoms with E-state index in [4.69, 9.17) is 18.5 Å². The lowest BCUT2D eigenvalue weighted by Gasteiger charge is -2.28. The average molecular weight is 692 g/mol. The van der Waals surface area contributed by atoms with Crippen LogP contribution in [0.4, 0.5) is 0 Å². The van der Waals surface area contributed by atoms with E-state index in [-0.39, 0.29) is 32.0 Å². The van der Waals surface area contributed by atoms with Crippen molar-refractivity contribution in [1.29, 1.82) is 0 Å². The summed E-state index contributed by atoms with van der Waals surface area (Å²) in [6, 6.07) is 0. The molecule has 0 saturated carbocycles. The number of ether oxygens (including phenoxy) is 2. The van der Waals surface area contributed by atoms with Gasteiger partial charge in [0.05, 0.1) is 27.7 Å². The van der Waals surface area contributed by atoms with Crippen LogP contribution in [0.1, 0.15) is 174 Å². The first-order valence-corrected chi connectivity index (χ1v) is 20.7. The van der Waals surface area contributed by atoms with Crippen LogP contribution in [0, 0.1) is 0 Å². The van der Waals surface area contributed by atoms with Crippen LogP contribution in [-0.2, 0) is 32.7 Å². The number of phosphoric acid groups is 1. The van der Waals surface area contributed by atoms with Crippen molar-refractivity contribution in [1.82, 2.24) is 0 Å². The van der Waals surface area contributed by atoms with Gasteiger partial charge in [0.15, 0.2) is 6.10 Å². The fraction of sp³-hybridized carbons (Fsp3) is 0.946.